The molecule has 1 aliphatic carbocycles. The fourth-order valence-electron chi connectivity index (χ4n) is 7.96. The van der Waals surface area contributed by atoms with Crippen LogP contribution in [0.25, 0.3) is 77.4 Å². The van der Waals surface area contributed by atoms with Gasteiger partial charge < -0.3 is 0 Å². The molecule has 0 fully saturated rings. The third kappa shape index (κ3) is 4.42. The lowest BCUT2D eigenvalue weighted by molar-refractivity contribution is 0.660. The summed E-state index contributed by atoms with van der Waals surface area (Å²) >= 11 is 0. The Morgan fingerprint density at radius 1 is 0.396 bits per heavy atom. The Balaban J connectivity index is 1.35. The van der Waals surface area contributed by atoms with Gasteiger partial charge in [0.2, 0.25) is 0 Å². The first-order chi connectivity index (χ1) is 23.5. The van der Waals surface area contributed by atoms with Crippen LogP contribution >= 0.6 is 0 Å². The molecule has 1 aromatic heterocycles. The molecule has 0 radical (unpaired) electrons. The third-order valence-corrected chi connectivity index (χ3v) is 10.3. The van der Waals surface area contributed by atoms with Gasteiger partial charge in [0.05, 0.1) is 11.4 Å². The van der Waals surface area contributed by atoms with Crippen molar-refractivity contribution in [2.45, 2.75) is 26.2 Å². The number of rotatable bonds is 4. The van der Waals surface area contributed by atoms with E-state index < -0.39 is 0 Å². The molecule has 0 saturated carbocycles. The largest absolute Gasteiger partial charge is 0.248 e. The van der Waals surface area contributed by atoms with Crippen molar-refractivity contribution in [3.05, 3.63) is 174 Å². The summed E-state index contributed by atoms with van der Waals surface area (Å²) < 4.78 is 0. The molecule has 0 unspecified atom stereocenters. The highest BCUT2D eigenvalue weighted by Crippen LogP contribution is 2.51. The van der Waals surface area contributed by atoms with Crippen molar-refractivity contribution in [3.63, 3.8) is 0 Å². The summed E-state index contributed by atoms with van der Waals surface area (Å²) in [6.45, 7) is 6.93. The van der Waals surface area contributed by atoms with E-state index in [1.54, 1.807) is 0 Å². The van der Waals surface area contributed by atoms with Gasteiger partial charge in [-0.3, -0.25) is 0 Å². The second-order valence-electron chi connectivity index (χ2n) is 13.6. The predicted octanol–water partition coefficient (Wildman–Crippen LogP) is 12.7. The monoisotopic (exact) mass is 613 g/mol. The molecule has 9 rings (SSSR count). The zero-order valence-electron chi connectivity index (χ0n) is 27.5. The van der Waals surface area contributed by atoms with E-state index in [0.29, 0.717) is 0 Å². The van der Waals surface area contributed by atoms with Crippen LogP contribution in [0.1, 0.15) is 30.5 Å². The average molecular weight is 614 g/mol. The highest BCUT2D eigenvalue weighted by atomic mass is 14.7. The molecule has 0 atom stereocenters. The first-order valence-corrected chi connectivity index (χ1v) is 16.8. The minimum Gasteiger partial charge on any atom is -0.248 e. The first-order valence-electron chi connectivity index (χ1n) is 16.8. The molecule has 0 bridgehead atoms. The number of benzene rings is 7. The quantitative estimate of drug-likeness (QED) is 0.180. The Bertz CT molecular complexity index is 2470. The number of fused-ring (bicyclic) bond motifs is 5. The number of hydrogen-bond donors (Lipinski definition) is 0. The van der Waals surface area contributed by atoms with E-state index in [9.17, 15) is 0 Å². The Morgan fingerprint density at radius 3 is 1.60 bits per heavy atom. The molecule has 0 N–H and O–H groups in total. The number of hydrogen-bond acceptors (Lipinski definition) is 1. The van der Waals surface area contributed by atoms with E-state index in [-0.39, 0.29) is 5.41 Å². The van der Waals surface area contributed by atoms with Crippen LogP contribution < -0.4 is 0 Å². The van der Waals surface area contributed by atoms with Crippen LogP contribution in [0.5, 0.6) is 0 Å². The first kappa shape index (κ1) is 28.4. The van der Waals surface area contributed by atoms with Gasteiger partial charge >= 0.3 is 0 Å². The lowest BCUT2D eigenvalue weighted by Gasteiger charge is -2.23. The predicted molar refractivity (Wildman–Crippen MR) is 203 cm³/mol. The van der Waals surface area contributed by atoms with Crippen LogP contribution in [-0.2, 0) is 5.41 Å². The molecule has 8 aromatic rings. The maximum Gasteiger partial charge on any atom is 0.0715 e. The molecule has 0 amide bonds. The van der Waals surface area contributed by atoms with Crippen molar-refractivity contribution in [2.75, 3.05) is 0 Å². The average Bonchev–Trinajstić information content (AvgIpc) is 3.36. The molecule has 7 aromatic carbocycles. The third-order valence-electron chi connectivity index (χ3n) is 10.3. The molecular formula is C47H35N. The topological polar surface area (TPSA) is 12.9 Å². The Morgan fingerprint density at radius 2 is 0.938 bits per heavy atom. The minimum atomic E-state index is -0.0673. The summed E-state index contributed by atoms with van der Waals surface area (Å²) in [5.41, 5.74) is 15.8. The normalized spacial score (nSPS) is 13.1. The van der Waals surface area contributed by atoms with Gasteiger partial charge in [-0.2, -0.15) is 0 Å². The Labute approximate surface area is 282 Å². The SMILES string of the molecule is Cc1ccc2c(-c3cc(-c4ccccc4)nc(-c4ccccc4)c3)c3ccccc3c(-c3ccc4c(c3)C(C)(C)c3ccccc3-4)c2c1. The summed E-state index contributed by atoms with van der Waals surface area (Å²) in [5.74, 6) is 0. The Kier molecular flexibility index (Phi) is 6.45. The molecular weight excluding hydrogens is 579 g/mol. The summed E-state index contributed by atoms with van der Waals surface area (Å²) in [4.78, 5) is 5.20. The maximum atomic E-state index is 5.20. The molecule has 0 spiro atoms. The number of aryl methyl sites for hydroxylation is 1. The lowest BCUT2D eigenvalue weighted by atomic mass is 9.80. The molecule has 1 nitrogen and oxygen atoms in total. The van der Waals surface area contributed by atoms with Crippen molar-refractivity contribution in [3.8, 4) is 55.9 Å². The number of pyridine rings is 1. The van der Waals surface area contributed by atoms with Crippen LogP contribution in [0, 0.1) is 6.92 Å². The molecule has 1 aliphatic rings. The van der Waals surface area contributed by atoms with Crippen LogP contribution in [-0.4, -0.2) is 4.98 Å². The van der Waals surface area contributed by atoms with Crippen molar-refractivity contribution in [2.24, 2.45) is 0 Å². The number of nitrogens with zero attached hydrogens (tertiary/aromatic N) is 1. The van der Waals surface area contributed by atoms with Gasteiger partial charge in [-0.1, -0.05) is 159 Å². The molecule has 0 saturated heterocycles. The fraction of sp³-hybridized carbons (Fsp3) is 0.0851. The van der Waals surface area contributed by atoms with E-state index in [4.69, 9.17) is 4.98 Å². The zero-order chi connectivity index (χ0) is 32.4. The molecule has 0 aliphatic heterocycles. The van der Waals surface area contributed by atoms with Gasteiger partial charge in [0.25, 0.3) is 0 Å². The molecule has 48 heavy (non-hydrogen) atoms. The standard InChI is InChI=1S/C47H35N/c1-30-22-24-39-40(26-30)45(33-23-25-36-35-18-12-13-21-41(35)47(2,3)42(36)27-33)37-19-10-11-20-38(37)46(39)34-28-43(31-14-6-4-7-15-31)48-44(29-34)32-16-8-5-9-17-32/h4-29H,1-3H3. The van der Waals surface area contributed by atoms with Gasteiger partial charge in [0, 0.05) is 16.5 Å². The van der Waals surface area contributed by atoms with Gasteiger partial charge in [-0.25, -0.2) is 4.98 Å². The summed E-state index contributed by atoms with van der Waals surface area (Å²) in [6.07, 6.45) is 0. The highest BCUT2D eigenvalue weighted by molar-refractivity contribution is 6.21. The van der Waals surface area contributed by atoms with Crippen LogP contribution in [0.3, 0.4) is 0 Å². The maximum absolute atomic E-state index is 5.20. The summed E-state index contributed by atoms with van der Waals surface area (Å²) in [5, 5.41) is 5.03. The highest BCUT2D eigenvalue weighted by Gasteiger charge is 2.35. The summed E-state index contributed by atoms with van der Waals surface area (Å²) in [6, 6.07) is 57.6. The van der Waals surface area contributed by atoms with Crippen LogP contribution in [0.2, 0.25) is 0 Å². The smallest absolute Gasteiger partial charge is 0.0715 e. The van der Waals surface area contributed by atoms with Crippen molar-refractivity contribution < 1.29 is 0 Å². The van der Waals surface area contributed by atoms with Crippen molar-refractivity contribution in [1.29, 1.82) is 0 Å². The fourth-order valence-corrected chi connectivity index (χ4v) is 7.96. The van der Waals surface area contributed by atoms with Crippen LogP contribution in [0.4, 0.5) is 0 Å². The lowest BCUT2D eigenvalue weighted by Crippen LogP contribution is -2.14. The van der Waals surface area contributed by atoms with Crippen molar-refractivity contribution in [1.82, 2.24) is 4.98 Å². The van der Waals surface area contributed by atoms with Gasteiger partial charge in [-0.05, 0) is 91.2 Å². The molecule has 228 valence electrons. The molecule has 1 heterocycles. The van der Waals surface area contributed by atoms with Crippen LogP contribution in [0.15, 0.2) is 158 Å². The Hall–Kier alpha value is -5.79. The van der Waals surface area contributed by atoms with Gasteiger partial charge in [0.15, 0.2) is 0 Å². The van der Waals surface area contributed by atoms with Gasteiger partial charge in [0.1, 0.15) is 0 Å². The van der Waals surface area contributed by atoms with E-state index in [1.165, 1.54) is 71.6 Å². The molecule has 1 heteroatoms. The number of aromatic nitrogens is 1. The van der Waals surface area contributed by atoms with Gasteiger partial charge in [-0.15, -0.1) is 0 Å². The van der Waals surface area contributed by atoms with E-state index in [1.807, 2.05) is 0 Å². The van der Waals surface area contributed by atoms with E-state index in [2.05, 4.69) is 178 Å². The second-order valence-corrected chi connectivity index (χ2v) is 13.6. The second kappa shape index (κ2) is 10.9. The minimum absolute atomic E-state index is 0.0673. The van der Waals surface area contributed by atoms with Crippen molar-refractivity contribution >= 4 is 21.5 Å². The zero-order valence-corrected chi connectivity index (χ0v) is 27.5. The van der Waals surface area contributed by atoms with E-state index >= 15 is 0 Å². The van der Waals surface area contributed by atoms with E-state index in [0.717, 1.165) is 22.5 Å². The summed E-state index contributed by atoms with van der Waals surface area (Å²) in [7, 11) is 0.